The third kappa shape index (κ3) is 5.07. The summed E-state index contributed by atoms with van der Waals surface area (Å²) in [6.07, 6.45) is -0.805. The van der Waals surface area contributed by atoms with Gasteiger partial charge in [-0.1, -0.05) is 42.5 Å². The number of carbonyl (C=O) groups is 2. The highest BCUT2D eigenvalue weighted by Crippen LogP contribution is 2.19. The number of rotatable bonds is 6. The summed E-state index contributed by atoms with van der Waals surface area (Å²) in [6.45, 7) is 3.16. The number of amides is 1. The van der Waals surface area contributed by atoms with E-state index in [4.69, 9.17) is 9.47 Å². The van der Waals surface area contributed by atoms with E-state index in [1.807, 2.05) is 67.6 Å². The number of fused-ring (bicyclic) bond motifs is 1. The normalized spacial score (nSPS) is 11.6. The minimum atomic E-state index is -0.805. The van der Waals surface area contributed by atoms with Crippen LogP contribution >= 0.6 is 0 Å². The fourth-order valence-corrected chi connectivity index (χ4v) is 2.66. The molecule has 0 aromatic heterocycles. The van der Waals surface area contributed by atoms with Gasteiger partial charge in [-0.05, 0) is 54.4 Å². The lowest BCUT2D eigenvalue weighted by molar-refractivity contribution is -0.153. The van der Waals surface area contributed by atoms with E-state index in [9.17, 15) is 9.59 Å². The summed E-state index contributed by atoms with van der Waals surface area (Å²) >= 11 is 0. The number of esters is 1. The zero-order valence-corrected chi connectivity index (χ0v) is 15.3. The van der Waals surface area contributed by atoms with Crippen molar-refractivity contribution in [3.05, 3.63) is 72.3 Å². The number of benzene rings is 3. The molecule has 0 spiro atoms. The van der Waals surface area contributed by atoms with E-state index < -0.39 is 18.0 Å². The largest absolute Gasteiger partial charge is 0.479 e. The molecule has 3 aromatic rings. The number of hydrogen-bond acceptors (Lipinski definition) is 4. The van der Waals surface area contributed by atoms with Gasteiger partial charge in [0, 0.05) is 5.69 Å². The van der Waals surface area contributed by atoms with E-state index in [1.54, 1.807) is 13.0 Å². The first kappa shape index (κ1) is 18.5. The van der Waals surface area contributed by atoms with Gasteiger partial charge < -0.3 is 14.8 Å². The third-order valence-corrected chi connectivity index (χ3v) is 4.01. The van der Waals surface area contributed by atoms with Gasteiger partial charge in [-0.2, -0.15) is 0 Å². The van der Waals surface area contributed by atoms with Crippen LogP contribution in [-0.2, 0) is 14.3 Å². The van der Waals surface area contributed by atoms with Crippen LogP contribution < -0.4 is 10.1 Å². The molecule has 138 valence electrons. The van der Waals surface area contributed by atoms with Crippen LogP contribution in [0.15, 0.2) is 66.7 Å². The molecule has 3 rings (SSSR count). The molecule has 0 saturated heterocycles. The summed E-state index contributed by atoms with van der Waals surface area (Å²) in [7, 11) is 0. The predicted octanol–water partition coefficient (Wildman–Crippen LogP) is 4.10. The Balaban J connectivity index is 1.50. The molecule has 3 aromatic carbocycles. The van der Waals surface area contributed by atoms with Crippen LogP contribution in [0.1, 0.15) is 12.5 Å². The number of nitrogens with one attached hydrogen (secondary N) is 1. The summed E-state index contributed by atoms with van der Waals surface area (Å²) in [6, 6.07) is 20.9. The van der Waals surface area contributed by atoms with Crippen LogP contribution in [0.25, 0.3) is 10.8 Å². The highest BCUT2D eigenvalue weighted by Gasteiger charge is 2.18. The van der Waals surface area contributed by atoms with Crippen molar-refractivity contribution in [2.45, 2.75) is 20.0 Å². The van der Waals surface area contributed by atoms with Crippen molar-refractivity contribution in [3.8, 4) is 5.75 Å². The zero-order chi connectivity index (χ0) is 19.2. The number of aryl methyl sites for hydroxylation is 1. The van der Waals surface area contributed by atoms with Crippen LogP contribution in [-0.4, -0.2) is 24.6 Å². The van der Waals surface area contributed by atoms with Gasteiger partial charge >= 0.3 is 5.97 Å². The van der Waals surface area contributed by atoms with Crippen LogP contribution in [0, 0.1) is 6.92 Å². The molecule has 0 saturated carbocycles. The van der Waals surface area contributed by atoms with E-state index >= 15 is 0 Å². The van der Waals surface area contributed by atoms with Gasteiger partial charge in [0.25, 0.3) is 5.91 Å². The van der Waals surface area contributed by atoms with Crippen molar-refractivity contribution >= 4 is 28.3 Å². The molecular formula is C22H21NO4. The van der Waals surface area contributed by atoms with Crippen molar-refractivity contribution in [1.82, 2.24) is 0 Å². The van der Waals surface area contributed by atoms with E-state index in [0.717, 1.165) is 16.3 Å². The van der Waals surface area contributed by atoms with E-state index in [0.29, 0.717) is 11.4 Å². The molecule has 5 nitrogen and oxygen atoms in total. The quantitative estimate of drug-likeness (QED) is 0.670. The molecule has 0 fully saturated rings. The van der Waals surface area contributed by atoms with Crippen LogP contribution in [0.3, 0.4) is 0 Å². The minimum absolute atomic E-state index is 0.368. The van der Waals surface area contributed by atoms with Crippen molar-refractivity contribution in [3.63, 3.8) is 0 Å². The lowest BCUT2D eigenvalue weighted by Crippen LogP contribution is -2.29. The molecule has 27 heavy (non-hydrogen) atoms. The smallest absolute Gasteiger partial charge is 0.347 e. The van der Waals surface area contributed by atoms with Crippen LogP contribution in [0.4, 0.5) is 5.69 Å². The van der Waals surface area contributed by atoms with E-state index in [1.165, 1.54) is 0 Å². The molecule has 0 aliphatic heterocycles. The maximum Gasteiger partial charge on any atom is 0.347 e. The lowest BCUT2D eigenvalue weighted by atomic mass is 10.1. The summed E-state index contributed by atoms with van der Waals surface area (Å²) < 4.78 is 10.6. The van der Waals surface area contributed by atoms with Gasteiger partial charge in [0.2, 0.25) is 0 Å². The topological polar surface area (TPSA) is 64.6 Å². The Kier molecular flexibility index (Phi) is 5.71. The molecule has 0 heterocycles. The Bertz CT molecular complexity index is 967. The Labute approximate surface area is 157 Å². The molecular weight excluding hydrogens is 342 g/mol. The second-order valence-corrected chi connectivity index (χ2v) is 6.29. The second kappa shape index (κ2) is 8.36. The van der Waals surface area contributed by atoms with Crippen molar-refractivity contribution in [1.29, 1.82) is 0 Å². The maximum absolute atomic E-state index is 12.0. The van der Waals surface area contributed by atoms with Crippen molar-refractivity contribution in [2.24, 2.45) is 0 Å². The van der Waals surface area contributed by atoms with Gasteiger partial charge in [-0.15, -0.1) is 0 Å². The van der Waals surface area contributed by atoms with Crippen molar-refractivity contribution in [2.75, 3.05) is 11.9 Å². The Morgan fingerprint density at radius 2 is 1.74 bits per heavy atom. The second-order valence-electron chi connectivity index (χ2n) is 6.29. The summed E-state index contributed by atoms with van der Waals surface area (Å²) in [5, 5.41) is 4.84. The number of anilines is 1. The first-order chi connectivity index (χ1) is 13.0. The summed E-state index contributed by atoms with van der Waals surface area (Å²) in [4.78, 5) is 24.1. The highest BCUT2D eigenvalue weighted by molar-refractivity contribution is 5.95. The number of ether oxygens (including phenoxy) is 2. The van der Waals surface area contributed by atoms with Crippen LogP contribution in [0.5, 0.6) is 5.75 Å². The average Bonchev–Trinajstić information content (AvgIpc) is 2.66. The Hall–Kier alpha value is -3.34. The predicted molar refractivity (Wildman–Crippen MR) is 105 cm³/mol. The van der Waals surface area contributed by atoms with Gasteiger partial charge in [0.15, 0.2) is 12.7 Å². The molecule has 0 radical (unpaired) electrons. The van der Waals surface area contributed by atoms with Gasteiger partial charge in [-0.3, -0.25) is 4.79 Å². The molecule has 1 N–H and O–H groups in total. The maximum atomic E-state index is 12.0. The molecule has 1 amide bonds. The first-order valence-electron chi connectivity index (χ1n) is 8.70. The Morgan fingerprint density at radius 3 is 2.52 bits per heavy atom. The molecule has 0 bridgehead atoms. The van der Waals surface area contributed by atoms with Gasteiger partial charge in [0.05, 0.1) is 0 Å². The number of hydrogen-bond donors (Lipinski definition) is 1. The molecule has 0 unspecified atom stereocenters. The fraction of sp³-hybridized carbons (Fsp3) is 0.182. The third-order valence-electron chi connectivity index (χ3n) is 4.01. The summed E-state index contributed by atoms with van der Waals surface area (Å²) in [5.74, 6) is -0.411. The van der Waals surface area contributed by atoms with E-state index in [2.05, 4.69) is 5.32 Å². The van der Waals surface area contributed by atoms with Gasteiger partial charge in [-0.25, -0.2) is 4.79 Å². The molecule has 1 atom stereocenters. The minimum Gasteiger partial charge on any atom is -0.479 e. The average molecular weight is 363 g/mol. The standard InChI is InChI=1S/C22H21NO4/c1-15-6-5-9-20(12-15)27-16(2)22(25)26-14-21(24)23-19-11-10-17-7-3-4-8-18(17)13-19/h3-13,16H,14H2,1-2H3,(H,23,24)/t16-/m0/s1. The van der Waals surface area contributed by atoms with Crippen molar-refractivity contribution < 1.29 is 19.1 Å². The highest BCUT2D eigenvalue weighted by atomic mass is 16.6. The summed E-state index contributed by atoms with van der Waals surface area (Å²) in [5.41, 5.74) is 1.68. The molecule has 5 heteroatoms. The van der Waals surface area contributed by atoms with Gasteiger partial charge in [0.1, 0.15) is 5.75 Å². The SMILES string of the molecule is Cc1cccc(O[C@@H](C)C(=O)OCC(=O)Nc2ccc3ccccc3c2)c1. The fourth-order valence-electron chi connectivity index (χ4n) is 2.66. The number of carbonyl (C=O) groups excluding carboxylic acids is 2. The zero-order valence-electron chi connectivity index (χ0n) is 15.3. The first-order valence-corrected chi connectivity index (χ1v) is 8.70. The van der Waals surface area contributed by atoms with E-state index in [-0.39, 0.29) is 6.61 Å². The van der Waals surface area contributed by atoms with Crippen LogP contribution in [0.2, 0.25) is 0 Å². The molecule has 0 aliphatic carbocycles. The monoisotopic (exact) mass is 363 g/mol. The molecule has 0 aliphatic rings. The Morgan fingerprint density at radius 1 is 0.963 bits per heavy atom. The lowest BCUT2D eigenvalue weighted by Gasteiger charge is -2.14.